The van der Waals surface area contributed by atoms with Crippen molar-refractivity contribution in [3.63, 3.8) is 0 Å². The van der Waals surface area contributed by atoms with E-state index < -0.39 is 5.97 Å². The molecule has 2 aliphatic rings. The van der Waals surface area contributed by atoms with Gasteiger partial charge in [0.1, 0.15) is 6.04 Å². The molecule has 15 heavy (non-hydrogen) atoms. The molecule has 0 aromatic carbocycles. The number of nitrogens with one attached hydrogen (secondary N) is 1. The number of hydrogen-bond acceptors (Lipinski definition) is 3. The quantitative estimate of drug-likeness (QED) is 0.703. The Bertz CT molecular complexity index is 241. The molecule has 0 amide bonds. The normalized spacial score (nSPS) is 29.3. The Hall–Kier alpha value is -0.610. The summed E-state index contributed by atoms with van der Waals surface area (Å²) in [7, 11) is 0. The summed E-state index contributed by atoms with van der Waals surface area (Å²) in [4.78, 5) is 13.4. The summed E-state index contributed by atoms with van der Waals surface area (Å²) in [6.07, 6.45) is 4.43. The summed E-state index contributed by atoms with van der Waals surface area (Å²) in [6, 6.07) is 0.822. The maximum Gasteiger partial charge on any atom is 0.320 e. The van der Waals surface area contributed by atoms with E-state index in [9.17, 15) is 4.79 Å². The van der Waals surface area contributed by atoms with Crippen LogP contribution in [0.3, 0.4) is 0 Å². The van der Waals surface area contributed by atoms with Crippen LogP contribution in [0.1, 0.15) is 32.6 Å². The minimum absolute atomic E-state index is 0.367. The SMILES string of the molecule is CCC(NC1CCN(C2CC2)C1)C(=O)O. The molecule has 0 aromatic heterocycles. The lowest BCUT2D eigenvalue weighted by Gasteiger charge is -2.19. The molecule has 2 N–H and O–H groups in total. The van der Waals surface area contributed by atoms with Crippen molar-refractivity contribution < 1.29 is 9.90 Å². The van der Waals surface area contributed by atoms with Crippen molar-refractivity contribution in [2.24, 2.45) is 0 Å². The first-order valence-corrected chi connectivity index (χ1v) is 5.93. The first-order chi connectivity index (χ1) is 7.20. The fourth-order valence-corrected chi connectivity index (χ4v) is 2.34. The van der Waals surface area contributed by atoms with Gasteiger partial charge in [-0.25, -0.2) is 0 Å². The highest BCUT2D eigenvalue weighted by molar-refractivity contribution is 5.73. The third kappa shape index (κ3) is 2.69. The molecule has 4 heteroatoms. The molecule has 1 aliphatic heterocycles. The molecule has 0 spiro atoms. The number of rotatable bonds is 5. The largest absolute Gasteiger partial charge is 0.480 e. The van der Waals surface area contributed by atoms with E-state index >= 15 is 0 Å². The second-order valence-electron chi connectivity index (χ2n) is 4.68. The van der Waals surface area contributed by atoms with Crippen LogP contribution in [0.2, 0.25) is 0 Å². The number of nitrogens with zero attached hydrogens (tertiary/aromatic N) is 1. The molecular formula is C11H20N2O2. The van der Waals surface area contributed by atoms with Gasteiger partial charge in [0.25, 0.3) is 0 Å². The van der Waals surface area contributed by atoms with Crippen molar-refractivity contribution in [1.82, 2.24) is 10.2 Å². The Morgan fingerprint density at radius 1 is 1.53 bits per heavy atom. The number of carbonyl (C=O) groups is 1. The summed E-state index contributed by atoms with van der Waals surface area (Å²) < 4.78 is 0. The Balaban J connectivity index is 1.77. The predicted molar refractivity (Wildman–Crippen MR) is 57.9 cm³/mol. The van der Waals surface area contributed by atoms with Crippen LogP contribution in [0.4, 0.5) is 0 Å². The maximum absolute atomic E-state index is 10.9. The van der Waals surface area contributed by atoms with E-state index in [0.717, 1.165) is 25.6 Å². The summed E-state index contributed by atoms with van der Waals surface area (Å²) in [5.74, 6) is -0.720. The smallest absolute Gasteiger partial charge is 0.320 e. The van der Waals surface area contributed by atoms with Gasteiger partial charge in [0.05, 0.1) is 0 Å². The summed E-state index contributed by atoms with van der Waals surface area (Å²) in [5.41, 5.74) is 0. The summed E-state index contributed by atoms with van der Waals surface area (Å²) >= 11 is 0. The van der Waals surface area contributed by atoms with Gasteiger partial charge in [-0.05, 0) is 25.7 Å². The Morgan fingerprint density at radius 2 is 2.27 bits per heavy atom. The Morgan fingerprint density at radius 3 is 2.80 bits per heavy atom. The van der Waals surface area contributed by atoms with Gasteiger partial charge in [0.15, 0.2) is 0 Å². The second kappa shape index (κ2) is 4.49. The number of aliphatic carboxylic acids is 1. The topological polar surface area (TPSA) is 52.6 Å². The molecule has 2 atom stereocenters. The molecule has 86 valence electrons. The van der Waals surface area contributed by atoms with E-state index in [2.05, 4.69) is 10.2 Å². The zero-order valence-corrected chi connectivity index (χ0v) is 9.28. The minimum Gasteiger partial charge on any atom is -0.480 e. The molecule has 1 aliphatic carbocycles. The summed E-state index contributed by atoms with van der Waals surface area (Å²) in [5, 5.41) is 12.2. The predicted octanol–water partition coefficient (Wildman–Crippen LogP) is 0.676. The molecule has 1 saturated heterocycles. The van der Waals surface area contributed by atoms with Gasteiger partial charge in [-0.15, -0.1) is 0 Å². The number of hydrogen-bond donors (Lipinski definition) is 2. The lowest BCUT2D eigenvalue weighted by atomic mass is 10.2. The van der Waals surface area contributed by atoms with Crippen LogP contribution in [0.25, 0.3) is 0 Å². The van der Waals surface area contributed by atoms with Crippen molar-refractivity contribution >= 4 is 5.97 Å². The van der Waals surface area contributed by atoms with Crippen LogP contribution in [-0.4, -0.2) is 47.2 Å². The molecule has 0 aromatic rings. The molecule has 2 fully saturated rings. The number of carboxylic acids is 1. The van der Waals surface area contributed by atoms with Crippen LogP contribution >= 0.6 is 0 Å². The van der Waals surface area contributed by atoms with Gasteiger partial charge >= 0.3 is 5.97 Å². The van der Waals surface area contributed by atoms with E-state index in [1.54, 1.807) is 0 Å². The summed E-state index contributed by atoms with van der Waals surface area (Å²) in [6.45, 7) is 4.09. The van der Waals surface area contributed by atoms with Gasteiger partial charge < -0.3 is 10.4 Å². The third-order valence-electron chi connectivity index (χ3n) is 3.43. The molecule has 2 rings (SSSR count). The Labute approximate surface area is 90.6 Å². The zero-order chi connectivity index (χ0) is 10.8. The van der Waals surface area contributed by atoms with Gasteiger partial charge in [0.2, 0.25) is 0 Å². The van der Waals surface area contributed by atoms with Crippen molar-refractivity contribution in [3.8, 4) is 0 Å². The zero-order valence-electron chi connectivity index (χ0n) is 9.28. The molecule has 0 bridgehead atoms. The van der Waals surface area contributed by atoms with E-state index in [-0.39, 0.29) is 6.04 Å². The number of carboxylic acid groups (broad SMARTS) is 1. The van der Waals surface area contributed by atoms with Crippen molar-refractivity contribution in [2.75, 3.05) is 13.1 Å². The van der Waals surface area contributed by atoms with Crippen LogP contribution in [0.5, 0.6) is 0 Å². The standard InChI is InChI=1S/C11H20N2O2/c1-2-10(11(14)15)12-8-5-6-13(7-8)9-3-4-9/h8-10,12H,2-7H2,1H3,(H,14,15). The van der Waals surface area contributed by atoms with Gasteiger partial charge in [-0.1, -0.05) is 6.92 Å². The lowest BCUT2D eigenvalue weighted by molar-refractivity contribution is -0.139. The van der Waals surface area contributed by atoms with Crippen LogP contribution in [-0.2, 0) is 4.79 Å². The Kier molecular flexibility index (Phi) is 3.26. The second-order valence-corrected chi connectivity index (χ2v) is 4.68. The molecule has 2 unspecified atom stereocenters. The minimum atomic E-state index is -0.720. The highest BCUT2D eigenvalue weighted by Crippen LogP contribution is 2.29. The van der Waals surface area contributed by atoms with Crippen molar-refractivity contribution in [2.45, 2.75) is 50.7 Å². The molecule has 0 radical (unpaired) electrons. The first-order valence-electron chi connectivity index (χ1n) is 5.93. The van der Waals surface area contributed by atoms with Gasteiger partial charge in [0, 0.05) is 25.2 Å². The first kappa shape index (κ1) is 10.9. The van der Waals surface area contributed by atoms with Crippen LogP contribution < -0.4 is 5.32 Å². The van der Waals surface area contributed by atoms with E-state index in [4.69, 9.17) is 5.11 Å². The van der Waals surface area contributed by atoms with Crippen LogP contribution in [0.15, 0.2) is 0 Å². The van der Waals surface area contributed by atoms with E-state index in [1.165, 1.54) is 12.8 Å². The van der Waals surface area contributed by atoms with E-state index in [0.29, 0.717) is 12.5 Å². The van der Waals surface area contributed by atoms with Crippen LogP contribution in [0, 0.1) is 0 Å². The van der Waals surface area contributed by atoms with E-state index in [1.807, 2.05) is 6.92 Å². The molecule has 1 saturated carbocycles. The molecule has 1 heterocycles. The molecule has 4 nitrogen and oxygen atoms in total. The average molecular weight is 212 g/mol. The van der Waals surface area contributed by atoms with Crippen molar-refractivity contribution in [1.29, 1.82) is 0 Å². The van der Waals surface area contributed by atoms with Gasteiger partial charge in [-0.3, -0.25) is 9.69 Å². The van der Waals surface area contributed by atoms with Gasteiger partial charge in [-0.2, -0.15) is 0 Å². The number of likely N-dealkylation sites (tertiary alicyclic amines) is 1. The fourth-order valence-electron chi connectivity index (χ4n) is 2.34. The maximum atomic E-state index is 10.9. The molecular weight excluding hydrogens is 192 g/mol. The van der Waals surface area contributed by atoms with Crippen molar-refractivity contribution in [3.05, 3.63) is 0 Å². The fraction of sp³-hybridized carbons (Fsp3) is 0.909. The monoisotopic (exact) mass is 212 g/mol. The average Bonchev–Trinajstić information content (AvgIpc) is 2.95. The lowest BCUT2D eigenvalue weighted by Crippen LogP contribution is -2.44. The third-order valence-corrected chi connectivity index (χ3v) is 3.43. The highest BCUT2D eigenvalue weighted by atomic mass is 16.4. The highest BCUT2D eigenvalue weighted by Gasteiger charge is 2.35.